The van der Waals surface area contributed by atoms with Gasteiger partial charge in [0, 0.05) is 5.56 Å². The van der Waals surface area contributed by atoms with Crippen LogP contribution in [-0.4, -0.2) is 10.3 Å². The van der Waals surface area contributed by atoms with Crippen LogP contribution in [0.3, 0.4) is 0 Å². The standard InChI is InChI=1S/C14H16N2O2/c1-8-6-12(17)13(11-7-16-18-14(11)15)10-5-3-2-4-9(8)10/h6-7,17H,2-5,15H2,1H3. The first-order chi connectivity index (χ1) is 8.68. The number of fused-ring (bicyclic) bond motifs is 1. The van der Waals surface area contributed by atoms with E-state index in [1.807, 2.05) is 13.0 Å². The second-order valence-electron chi connectivity index (χ2n) is 4.86. The van der Waals surface area contributed by atoms with Crippen molar-refractivity contribution in [3.8, 4) is 16.9 Å². The lowest BCUT2D eigenvalue weighted by molar-refractivity contribution is 0.436. The summed E-state index contributed by atoms with van der Waals surface area (Å²) in [5, 5.41) is 13.9. The van der Waals surface area contributed by atoms with Gasteiger partial charge in [0.15, 0.2) is 0 Å². The molecule has 1 aromatic carbocycles. The summed E-state index contributed by atoms with van der Waals surface area (Å²) < 4.78 is 4.91. The summed E-state index contributed by atoms with van der Waals surface area (Å²) >= 11 is 0. The Labute approximate surface area is 105 Å². The van der Waals surface area contributed by atoms with Gasteiger partial charge >= 0.3 is 0 Å². The fourth-order valence-electron chi connectivity index (χ4n) is 2.87. The normalized spacial score (nSPS) is 14.5. The van der Waals surface area contributed by atoms with Gasteiger partial charge < -0.3 is 15.4 Å². The topological polar surface area (TPSA) is 72.3 Å². The highest BCUT2D eigenvalue weighted by atomic mass is 16.5. The van der Waals surface area contributed by atoms with Gasteiger partial charge in [0.05, 0.1) is 11.8 Å². The Morgan fingerprint density at radius 3 is 2.67 bits per heavy atom. The molecule has 1 aromatic heterocycles. The Morgan fingerprint density at radius 2 is 2.00 bits per heavy atom. The molecule has 1 aliphatic rings. The first-order valence-electron chi connectivity index (χ1n) is 6.23. The summed E-state index contributed by atoms with van der Waals surface area (Å²) in [5.41, 5.74) is 11.0. The molecule has 3 N–H and O–H groups in total. The second kappa shape index (κ2) is 4.05. The van der Waals surface area contributed by atoms with E-state index in [0.29, 0.717) is 5.56 Å². The van der Waals surface area contributed by atoms with Crippen LogP contribution in [-0.2, 0) is 12.8 Å². The van der Waals surface area contributed by atoms with Gasteiger partial charge in [-0.15, -0.1) is 0 Å². The zero-order valence-electron chi connectivity index (χ0n) is 10.4. The minimum atomic E-state index is 0.266. The summed E-state index contributed by atoms with van der Waals surface area (Å²) in [6.45, 7) is 2.05. The van der Waals surface area contributed by atoms with Gasteiger partial charge in [-0.2, -0.15) is 0 Å². The third-order valence-electron chi connectivity index (χ3n) is 3.72. The Balaban J connectivity index is 2.29. The van der Waals surface area contributed by atoms with Gasteiger partial charge in [-0.1, -0.05) is 5.16 Å². The maximum absolute atomic E-state index is 10.2. The number of phenols is 1. The summed E-state index contributed by atoms with van der Waals surface area (Å²) in [4.78, 5) is 0. The zero-order chi connectivity index (χ0) is 12.7. The Morgan fingerprint density at radius 1 is 1.28 bits per heavy atom. The number of hydrogen-bond donors (Lipinski definition) is 2. The molecular formula is C14H16N2O2. The molecule has 4 heteroatoms. The first-order valence-corrected chi connectivity index (χ1v) is 6.23. The molecule has 4 nitrogen and oxygen atoms in total. The van der Waals surface area contributed by atoms with Crippen molar-refractivity contribution < 1.29 is 9.63 Å². The van der Waals surface area contributed by atoms with Crippen molar-refractivity contribution in [2.45, 2.75) is 32.6 Å². The fraction of sp³-hybridized carbons (Fsp3) is 0.357. The van der Waals surface area contributed by atoms with Crippen molar-refractivity contribution in [2.75, 3.05) is 5.73 Å². The number of aryl methyl sites for hydroxylation is 1. The molecule has 0 saturated carbocycles. The highest BCUT2D eigenvalue weighted by molar-refractivity contribution is 5.81. The number of rotatable bonds is 1. The van der Waals surface area contributed by atoms with Crippen molar-refractivity contribution in [3.05, 3.63) is 29.0 Å². The molecule has 0 amide bonds. The maximum atomic E-state index is 10.2. The molecule has 0 spiro atoms. The van der Waals surface area contributed by atoms with Crippen LogP contribution in [0.25, 0.3) is 11.1 Å². The number of anilines is 1. The van der Waals surface area contributed by atoms with E-state index in [1.54, 1.807) is 6.20 Å². The van der Waals surface area contributed by atoms with Crippen LogP contribution in [0.15, 0.2) is 16.8 Å². The van der Waals surface area contributed by atoms with Crippen LogP contribution < -0.4 is 5.73 Å². The number of nitrogens with two attached hydrogens (primary N) is 1. The monoisotopic (exact) mass is 244 g/mol. The molecule has 0 fully saturated rings. The van der Waals surface area contributed by atoms with Crippen molar-refractivity contribution in [1.29, 1.82) is 0 Å². The Bertz CT molecular complexity index is 602. The van der Waals surface area contributed by atoms with Gasteiger partial charge in [-0.05, 0) is 55.4 Å². The van der Waals surface area contributed by atoms with Gasteiger partial charge in [-0.3, -0.25) is 0 Å². The molecule has 0 saturated heterocycles. The lowest BCUT2D eigenvalue weighted by Gasteiger charge is -2.22. The predicted molar refractivity (Wildman–Crippen MR) is 69.4 cm³/mol. The number of aromatic nitrogens is 1. The number of benzene rings is 1. The summed E-state index contributed by atoms with van der Waals surface area (Å²) in [5.74, 6) is 0.532. The quantitative estimate of drug-likeness (QED) is 0.809. The highest BCUT2D eigenvalue weighted by Gasteiger charge is 2.22. The smallest absolute Gasteiger partial charge is 0.230 e. The van der Waals surface area contributed by atoms with E-state index in [9.17, 15) is 5.11 Å². The first kappa shape index (κ1) is 11.1. The van der Waals surface area contributed by atoms with E-state index in [-0.39, 0.29) is 11.6 Å². The molecule has 94 valence electrons. The molecule has 0 radical (unpaired) electrons. The maximum Gasteiger partial charge on any atom is 0.230 e. The van der Waals surface area contributed by atoms with Gasteiger partial charge in [0.1, 0.15) is 5.75 Å². The van der Waals surface area contributed by atoms with Crippen LogP contribution in [0, 0.1) is 6.92 Å². The molecule has 0 bridgehead atoms. The average molecular weight is 244 g/mol. The van der Waals surface area contributed by atoms with E-state index < -0.39 is 0 Å². The van der Waals surface area contributed by atoms with E-state index in [2.05, 4.69) is 5.16 Å². The molecule has 1 heterocycles. The number of nitrogens with zero attached hydrogens (tertiary/aromatic N) is 1. The fourth-order valence-corrected chi connectivity index (χ4v) is 2.87. The molecule has 0 aliphatic heterocycles. The second-order valence-corrected chi connectivity index (χ2v) is 4.86. The number of aromatic hydroxyl groups is 1. The molecule has 3 rings (SSSR count). The van der Waals surface area contributed by atoms with Gasteiger partial charge in [0.2, 0.25) is 5.88 Å². The van der Waals surface area contributed by atoms with E-state index >= 15 is 0 Å². The van der Waals surface area contributed by atoms with Crippen LogP contribution in [0.4, 0.5) is 5.88 Å². The Kier molecular flexibility index (Phi) is 2.51. The molecule has 1 aliphatic carbocycles. The number of hydrogen-bond acceptors (Lipinski definition) is 4. The third kappa shape index (κ3) is 1.56. The van der Waals surface area contributed by atoms with Gasteiger partial charge in [-0.25, -0.2) is 0 Å². The van der Waals surface area contributed by atoms with Crippen LogP contribution in [0.5, 0.6) is 5.75 Å². The third-order valence-corrected chi connectivity index (χ3v) is 3.72. The largest absolute Gasteiger partial charge is 0.507 e. The SMILES string of the molecule is Cc1cc(O)c(-c2cnoc2N)c2c1CCCC2. The molecule has 0 unspecified atom stereocenters. The average Bonchev–Trinajstić information content (AvgIpc) is 2.76. The zero-order valence-corrected chi connectivity index (χ0v) is 10.4. The predicted octanol–water partition coefficient (Wildman–Crippen LogP) is 2.82. The van der Waals surface area contributed by atoms with Crippen LogP contribution in [0.2, 0.25) is 0 Å². The minimum Gasteiger partial charge on any atom is -0.507 e. The van der Waals surface area contributed by atoms with E-state index in [1.165, 1.54) is 17.5 Å². The van der Waals surface area contributed by atoms with Crippen molar-refractivity contribution >= 4 is 5.88 Å². The van der Waals surface area contributed by atoms with Crippen molar-refractivity contribution in [1.82, 2.24) is 5.16 Å². The number of nitrogen functional groups attached to an aromatic ring is 1. The molecule has 2 aromatic rings. The summed E-state index contributed by atoms with van der Waals surface area (Å²) in [7, 11) is 0. The van der Waals surface area contributed by atoms with Crippen LogP contribution >= 0.6 is 0 Å². The molecular weight excluding hydrogens is 228 g/mol. The lowest BCUT2D eigenvalue weighted by Crippen LogP contribution is -2.07. The summed E-state index contributed by atoms with van der Waals surface area (Å²) in [6.07, 6.45) is 5.98. The van der Waals surface area contributed by atoms with Crippen molar-refractivity contribution in [2.24, 2.45) is 0 Å². The number of phenolic OH excluding ortho intramolecular Hbond substituents is 1. The van der Waals surface area contributed by atoms with Gasteiger partial charge in [0.25, 0.3) is 0 Å². The van der Waals surface area contributed by atoms with E-state index in [4.69, 9.17) is 10.3 Å². The van der Waals surface area contributed by atoms with Crippen molar-refractivity contribution in [3.63, 3.8) is 0 Å². The lowest BCUT2D eigenvalue weighted by atomic mass is 9.83. The minimum absolute atomic E-state index is 0.266. The van der Waals surface area contributed by atoms with Crippen LogP contribution in [0.1, 0.15) is 29.5 Å². The van der Waals surface area contributed by atoms with E-state index in [0.717, 1.165) is 30.4 Å². The highest BCUT2D eigenvalue weighted by Crippen LogP contribution is 2.41. The Hall–Kier alpha value is -1.97. The molecule has 18 heavy (non-hydrogen) atoms. The summed E-state index contributed by atoms with van der Waals surface area (Å²) in [6, 6.07) is 1.81. The molecule has 0 atom stereocenters.